The molecule has 2 fully saturated rings. The van der Waals surface area contributed by atoms with Gasteiger partial charge in [0.15, 0.2) is 0 Å². The fourth-order valence-corrected chi connectivity index (χ4v) is 3.32. The highest BCUT2D eigenvalue weighted by atomic mass is 16.2. The highest BCUT2D eigenvalue weighted by molar-refractivity contribution is 5.75. The van der Waals surface area contributed by atoms with E-state index < -0.39 is 0 Å². The number of carbonyl (C=O) groups excluding carboxylic acids is 1. The van der Waals surface area contributed by atoms with Crippen molar-refractivity contribution in [3.8, 4) is 0 Å². The van der Waals surface area contributed by atoms with E-state index in [4.69, 9.17) is 0 Å². The Balaban J connectivity index is 1.33. The monoisotopic (exact) mass is 368 g/mol. The Hall–Kier alpha value is -2.77. The molecule has 0 spiro atoms. The molecule has 2 aromatic rings. The van der Waals surface area contributed by atoms with Crippen LogP contribution in [0.3, 0.4) is 0 Å². The molecule has 0 unspecified atom stereocenters. The van der Waals surface area contributed by atoms with Gasteiger partial charge in [0.2, 0.25) is 5.91 Å². The molecular weight excluding hydrogens is 344 g/mol. The van der Waals surface area contributed by atoms with E-state index in [-0.39, 0.29) is 24.6 Å². The Morgan fingerprint density at radius 1 is 1.19 bits per heavy atom. The third-order valence-electron chi connectivity index (χ3n) is 5.02. The van der Waals surface area contributed by atoms with Crippen molar-refractivity contribution in [2.45, 2.75) is 51.1 Å². The quantitative estimate of drug-likeness (QED) is 0.824. The first kappa shape index (κ1) is 17.6. The van der Waals surface area contributed by atoms with Gasteiger partial charge in [0, 0.05) is 31.3 Å². The summed E-state index contributed by atoms with van der Waals surface area (Å²) in [5.41, 5.74) is 0.644. The fraction of sp³-hybridized carbons (Fsp3) is 0.526. The summed E-state index contributed by atoms with van der Waals surface area (Å²) in [7, 11) is 0. The zero-order valence-electron chi connectivity index (χ0n) is 15.3. The van der Waals surface area contributed by atoms with Crippen molar-refractivity contribution in [3.05, 3.63) is 46.5 Å². The van der Waals surface area contributed by atoms with Crippen molar-refractivity contribution in [2.24, 2.45) is 0 Å². The summed E-state index contributed by atoms with van der Waals surface area (Å²) in [5, 5.41) is 2.78. The van der Waals surface area contributed by atoms with Gasteiger partial charge in [-0.15, -0.1) is 0 Å². The minimum Gasteiger partial charge on any atom is -0.357 e. The number of hydrogen-bond donors (Lipinski definition) is 1. The lowest BCUT2D eigenvalue weighted by Gasteiger charge is -2.27. The molecule has 4 rings (SSSR count). The highest BCUT2D eigenvalue weighted by Crippen LogP contribution is 2.38. The molecule has 0 atom stereocenters. The maximum atomic E-state index is 12.2. The van der Waals surface area contributed by atoms with Gasteiger partial charge in [0.05, 0.1) is 18.6 Å². The predicted molar refractivity (Wildman–Crippen MR) is 100 cm³/mol. The van der Waals surface area contributed by atoms with Gasteiger partial charge < -0.3 is 10.2 Å². The summed E-state index contributed by atoms with van der Waals surface area (Å²) in [5.74, 6) is 1.64. The molecule has 1 aliphatic carbocycles. The van der Waals surface area contributed by atoms with E-state index in [9.17, 15) is 9.59 Å². The number of amides is 1. The van der Waals surface area contributed by atoms with Crippen LogP contribution in [0.2, 0.25) is 0 Å². The molecule has 1 aliphatic heterocycles. The van der Waals surface area contributed by atoms with Crippen LogP contribution in [0.1, 0.15) is 49.5 Å². The maximum absolute atomic E-state index is 12.2. The molecule has 0 aromatic carbocycles. The second-order valence-corrected chi connectivity index (χ2v) is 7.21. The summed E-state index contributed by atoms with van der Waals surface area (Å²) >= 11 is 0. The lowest BCUT2D eigenvalue weighted by molar-refractivity contribution is -0.121. The molecule has 1 N–H and O–H groups in total. The first-order valence-corrected chi connectivity index (χ1v) is 9.59. The van der Waals surface area contributed by atoms with E-state index in [1.165, 1.54) is 36.2 Å². The average molecular weight is 368 g/mol. The maximum Gasteiger partial charge on any atom is 0.254 e. The van der Waals surface area contributed by atoms with E-state index in [0.717, 1.165) is 37.4 Å². The molecule has 3 heterocycles. The second kappa shape index (κ2) is 7.85. The van der Waals surface area contributed by atoms with Crippen molar-refractivity contribution in [1.29, 1.82) is 0 Å². The molecule has 1 saturated carbocycles. The summed E-state index contributed by atoms with van der Waals surface area (Å²) in [4.78, 5) is 39.6. The van der Waals surface area contributed by atoms with Gasteiger partial charge in [0.1, 0.15) is 18.2 Å². The van der Waals surface area contributed by atoms with Gasteiger partial charge in [-0.3, -0.25) is 14.2 Å². The Morgan fingerprint density at radius 2 is 2.00 bits per heavy atom. The largest absolute Gasteiger partial charge is 0.357 e. The molecule has 142 valence electrons. The van der Waals surface area contributed by atoms with Crippen LogP contribution >= 0.6 is 0 Å². The molecule has 2 aromatic heterocycles. The Labute approximate surface area is 157 Å². The molecule has 8 nitrogen and oxygen atoms in total. The van der Waals surface area contributed by atoms with Crippen LogP contribution < -0.4 is 15.8 Å². The SMILES string of the molecule is O=C(Cn1cnc(C2CC2)cc1=O)NCc1nccc(N2CCCCC2)n1. The summed E-state index contributed by atoms with van der Waals surface area (Å²) < 4.78 is 1.33. The number of piperidine rings is 1. The van der Waals surface area contributed by atoms with Crippen LogP contribution in [0.15, 0.2) is 29.5 Å². The normalized spacial score (nSPS) is 17.0. The average Bonchev–Trinajstić information content (AvgIpc) is 3.54. The first-order chi connectivity index (χ1) is 13.2. The van der Waals surface area contributed by atoms with Crippen LogP contribution in [0.5, 0.6) is 0 Å². The van der Waals surface area contributed by atoms with Crippen LogP contribution in [0.4, 0.5) is 5.82 Å². The second-order valence-electron chi connectivity index (χ2n) is 7.21. The lowest BCUT2D eigenvalue weighted by Crippen LogP contribution is -2.33. The summed E-state index contributed by atoms with van der Waals surface area (Å²) in [6.45, 7) is 2.20. The highest BCUT2D eigenvalue weighted by Gasteiger charge is 2.25. The van der Waals surface area contributed by atoms with Crippen molar-refractivity contribution in [3.63, 3.8) is 0 Å². The topological polar surface area (TPSA) is 93.0 Å². The lowest BCUT2D eigenvalue weighted by atomic mass is 10.1. The van der Waals surface area contributed by atoms with Gasteiger partial charge in [0.25, 0.3) is 5.56 Å². The molecular formula is C19H24N6O2. The zero-order valence-corrected chi connectivity index (χ0v) is 15.3. The van der Waals surface area contributed by atoms with E-state index >= 15 is 0 Å². The molecule has 1 amide bonds. The molecule has 0 radical (unpaired) electrons. The third-order valence-corrected chi connectivity index (χ3v) is 5.02. The van der Waals surface area contributed by atoms with Gasteiger partial charge >= 0.3 is 0 Å². The Morgan fingerprint density at radius 3 is 2.74 bits per heavy atom. The first-order valence-electron chi connectivity index (χ1n) is 9.59. The van der Waals surface area contributed by atoms with Gasteiger partial charge in [-0.2, -0.15) is 0 Å². The third kappa shape index (κ3) is 4.50. The van der Waals surface area contributed by atoms with E-state index in [0.29, 0.717) is 11.7 Å². The number of nitrogens with zero attached hydrogens (tertiary/aromatic N) is 5. The van der Waals surface area contributed by atoms with Crippen LogP contribution in [0, 0.1) is 0 Å². The van der Waals surface area contributed by atoms with E-state index in [1.807, 2.05) is 6.07 Å². The van der Waals surface area contributed by atoms with Crippen LogP contribution in [-0.2, 0) is 17.9 Å². The van der Waals surface area contributed by atoms with Crippen molar-refractivity contribution < 1.29 is 4.79 Å². The van der Waals surface area contributed by atoms with Crippen LogP contribution in [-0.4, -0.2) is 38.5 Å². The summed E-state index contributed by atoms with van der Waals surface area (Å²) in [6, 6.07) is 3.44. The number of aromatic nitrogens is 4. The van der Waals surface area contributed by atoms with Gasteiger partial charge in [-0.05, 0) is 38.2 Å². The Kier molecular flexibility index (Phi) is 5.13. The predicted octanol–water partition coefficient (Wildman–Crippen LogP) is 1.22. The van der Waals surface area contributed by atoms with Gasteiger partial charge in [-0.1, -0.05) is 0 Å². The van der Waals surface area contributed by atoms with E-state index in [1.54, 1.807) is 6.20 Å². The molecule has 27 heavy (non-hydrogen) atoms. The number of carbonyl (C=O) groups is 1. The number of nitrogens with one attached hydrogen (secondary N) is 1. The number of rotatable bonds is 6. The number of hydrogen-bond acceptors (Lipinski definition) is 6. The zero-order chi connectivity index (χ0) is 18.6. The van der Waals surface area contributed by atoms with Gasteiger partial charge in [-0.25, -0.2) is 15.0 Å². The van der Waals surface area contributed by atoms with E-state index in [2.05, 4.69) is 25.2 Å². The molecule has 1 saturated heterocycles. The van der Waals surface area contributed by atoms with Crippen molar-refractivity contribution in [1.82, 2.24) is 24.8 Å². The van der Waals surface area contributed by atoms with Crippen molar-refractivity contribution >= 4 is 11.7 Å². The molecule has 8 heteroatoms. The summed E-state index contributed by atoms with van der Waals surface area (Å²) in [6.07, 6.45) is 8.99. The Bertz CT molecular complexity index is 870. The smallest absolute Gasteiger partial charge is 0.254 e. The van der Waals surface area contributed by atoms with Crippen molar-refractivity contribution in [2.75, 3.05) is 18.0 Å². The number of anilines is 1. The minimum atomic E-state index is -0.259. The fourth-order valence-electron chi connectivity index (χ4n) is 3.32. The van der Waals surface area contributed by atoms with Crippen LogP contribution in [0.25, 0.3) is 0 Å². The minimum absolute atomic E-state index is 0.0530. The standard InChI is InChI=1S/C19H24N6O2/c26-18(12-25-13-22-15(10-19(25)27)14-4-5-14)21-11-16-20-7-6-17(23-16)24-8-2-1-3-9-24/h6-7,10,13-14H,1-5,8-9,11-12H2,(H,21,26). The molecule has 2 aliphatic rings. The molecule has 0 bridgehead atoms.